The fourth-order valence-corrected chi connectivity index (χ4v) is 4.02. The van der Waals surface area contributed by atoms with Crippen molar-refractivity contribution in [2.45, 2.75) is 46.2 Å². The molecule has 0 aliphatic heterocycles. The van der Waals surface area contributed by atoms with Gasteiger partial charge in [-0.15, -0.1) is 0 Å². The lowest BCUT2D eigenvalue weighted by Crippen LogP contribution is -2.34. The Morgan fingerprint density at radius 3 is 2.09 bits per heavy atom. The summed E-state index contributed by atoms with van der Waals surface area (Å²) in [5, 5.41) is 8.65. The van der Waals surface area contributed by atoms with Crippen LogP contribution in [0.1, 0.15) is 34.1 Å². The summed E-state index contributed by atoms with van der Waals surface area (Å²) in [6, 6.07) is 2.65. The molecule has 23 heavy (non-hydrogen) atoms. The maximum absolute atomic E-state index is 11.6. The third-order valence-corrected chi connectivity index (χ3v) is 6.23. The molecule has 0 amide bonds. The Bertz CT molecular complexity index is 385. The molecule has 0 radical (unpaired) electrons. The van der Waals surface area contributed by atoms with Gasteiger partial charge in [0, 0.05) is 18.2 Å². The summed E-state index contributed by atoms with van der Waals surface area (Å²) in [7, 11) is -3.23. The van der Waals surface area contributed by atoms with E-state index in [9.17, 15) is 4.57 Å². The van der Waals surface area contributed by atoms with Crippen molar-refractivity contribution in [1.29, 1.82) is 5.26 Å². The van der Waals surface area contributed by atoms with E-state index in [0.717, 1.165) is 0 Å². The molecule has 0 aromatic rings. The summed E-state index contributed by atoms with van der Waals surface area (Å²) in [6.07, 6.45) is 0.940. The van der Waals surface area contributed by atoms with Crippen molar-refractivity contribution in [1.82, 2.24) is 4.67 Å². The standard InChI is InChI=1S/C15H32N2O4P2/c1-14(2)17(15(3)4)22(20-9-7-8-16)21-11-10-19-12-13-23(5,6)18/h14-15H,7,9-13H2,1-6H3. The van der Waals surface area contributed by atoms with Crippen LogP contribution in [0.3, 0.4) is 0 Å². The van der Waals surface area contributed by atoms with Crippen LogP contribution in [-0.2, 0) is 18.3 Å². The third kappa shape index (κ3) is 12.1. The zero-order chi connectivity index (χ0) is 17.9. The van der Waals surface area contributed by atoms with Gasteiger partial charge in [0.05, 0.1) is 46.1 Å². The summed E-state index contributed by atoms with van der Waals surface area (Å²) in [5.41, 5.74) is 0. The van der Waals surface area contributed by atoms with Gasteiger partial charge in [-0.3, -0.25) is 0 Å². The lowest BCUT2D eigenvalue weighted by atomic mass is 10.3. The fraction of sp³-hybridized carbons (Fsp3) is 0.933. The Balaban J connectivity index is 4.30. The topological polar surface area (TPSA) is 71.8 Å². The summed E-state index contributed by atoms with van der Waals surface area (Å²) >= 11 is 0. The van der Waals surface area contributed by atoms with Gasteiger partial charge >= 0.3 is 0 Å². The maximum atomic E-state index is 11.6. The van der Waals surface area contributed by atoms with Crippen LogP contribution >= 0.6 is 15.7 Å². The quantitative estimate of drug-likeness (QED) is 0.363. The SMILES string of the molecule is CC(C)N(C(C)C)P(OCCC#N)OCCOCCP(C)(C)=O. The summed E-state index contributed by atoms with van der Waals surface area (Å²) < 4.78 is 30.9. The molecule has 0 bridgehead atoms. The highest BCUT2D eigenvalue weighted by molar-refractivity contribution is 7.62. The van der Waals surface area contributed by atoms with E-state index >= 15 is 0 Å². The van der Waals surface area contributed by atoms with Crippen molar-refractivity contribution in [3.63, 3.8) is 0 Å². The number of nitriles is 1. The second-order valence-corrected chi connectivity index (χ2v) is 11.3. The average molecular weight is 366 g/mol. The summed E-state index contributed by atoms with van der Waals surface area (Å²) in [4.78, 5) is 0. The first-order chi connectivity index (χ1) is 10.7. The van der Waals surface area contributed by atoms with Crippen molar-refractivity contribution >= 4 is 15.7 Å². The second-order valence-electron chi connectivity index (χ2n) is 6.29. The molecule has 0 heterocycles. The van der Waals surface area contributed by atoms with Crippen molar-refractivity contribution in [2.24, 2.45) is 0 Å². The minimum Gasteiger partial charge on any atom is -0.379 e. The minimum atomic E-state index is -2.02. The van der Waals surface area contributed by atoms with E-state index in [-0.39, 0.29) is 12.1 Å². The van der Waals surface area contributed by atoms with E-state index in [1.165, 1.54) is 0 Å². The second kappa shape index (κ2) is 12.4. The van der Waals surface area contributed by atoms with E-state index < -0.39 is 15.7 Å². The minimum absolute atomic E-state index is 0.287. The Morgan fingerprint density at radius 2 is 1.61 bits per heavy atom. The smallest absolute Gasteiger partial charge is 0.259 e. The van der Waals surface area contributed by atoms with Crippen molar-refractivity contribution in [2.75, 3.05) is 45.9 Å². The summed E-state index contributed by atoms with van der Waals surface area (Å²) in [6.45, 7) is 13.7. The van der Waals surface area contributed by atoms with E-state index in [1.54, 1.807) is 13.3 Å². The van der Waals surface area contributed by atoms with Crippen LogP contribution < -0.4 is 0 Å². The maximum Gasteiger partial charge on any atom is 0.259 e. The Labute approximate surface area is 142 Å². The first-order valence-corrected chi connectivity index (χ1v) is 11.9. The van der Waals surface area contributed by atoms with E-state index in [4.69, 9.17) is 19.0 Å². The molecule has 0 aromatic carbocycles. The molecule has 1 atom stereocenters. The molecule has 0 N–H and O–H groups in total. The largest absolute Gasteiger partial charge is 0.379 e. The predicted octanol–water partition coefficient (Wildman–Crippen LogP) is 3.92. The molecule has 1 unspecified atom stereocenters. The van der Waals surface area contributed by atoms with Crippen molar-refractivity contribution in [3.8, 4) is 6.07 Å². The number of nitrogens with zero attached hydrogens (tertiary/aromatic N) is 2. The van der Waals surface area contributed by atoms with Gasteiger partial charge in [-0.1, -0.05) is 0 Å². The zero-order valence-electron chi connectivity index (χ0n) is 15.3. The number of ether oxygens (including phenoxy) is 1. The van der Waals surface area contributed by atoms with E-state index in [1.807, 2.05) is 0 Å². The van der Waals surface area contributed by atoms with Gasteiger partial charge in [0.25, 0.3) is 8.53 Å². The van der Waals surface area contributed by atoms with Crippen LogP contribution in [0.25, 0.3) is 0 Å². The van der Waals surface area contributed by atoms with Crippen LogP contribution in [0.5, 0.6) is 0 Å². The van der Waals surface area contributed by atoms with Crippen LogP contribution in [-0.4, -0.2) is 62.7 Å². The van der Waals surface area contributed by atoms with Gasteiger partial charge in [-0.25, -0.2) is 4.67 Å². The highest BCUT2D eigenvalue weighted by Crippen LogP contribution is 2.45. The van der Waals surface area contributed by atoms with Crippen molar-refractivity contribution < 1.29 is 18.3 Å². The van der Waals surface area contributed by atoms with Crippen LogP contribution in [0.2, 0.25) is 0 Å². The lowest BCUT2D eigenvalue weighted by molar-refractivity contribution is 0.0963. The predicted molar refractivity (Wildman–Crippen MR) is 96.3 cm³/mol. The molecule has 0 fully saturated rings. The van der Waals surface area contributed by atoms with Gasteiger partial charge in [-0.05, 0) is 41.0 Å². The van der Waals surface area contributed by atoms with E-state index in [2.05, 4.69) is 38.4 Å². The van der Waals surface area contributed by atoms with Crippen molar-refractivity contribution in [3.05, 3.63) is 0 Å². The van der Waals surface area contributed by atoms with Gasteiger partial charge in [0.2, 0.25) is 0 Å². The molecule has 0 spiro atoms. The Hall–Kier alpha value is -0.01000. The molecule has 136 valence electrons. The lowest BCUT2D eigenvalue weighted by Gasteiger charge is -2.35. The third-order valence-electron chi connectivity index (χ3n) is 2.87. The van der Waals surface area contributed by atoms with Gasteiger partial charge in [-0.2, -0.15) is 5.26 Å². The van der Waals surface area contributed by atoms with Gasteiger partial charge in [0.1, 0.15) is 0 Å². The number of hydrogen-bond donors (Lipinski definition) is 0. The van der Waals surface area contributed by atoms with Gasteiger partial charge in [0.15, 0.2) is 0 Å². The highest BCUT2D eigenvalue weighted by atomic mass is 31.2. The molecule has 0 saturated carbocycles. The molecule has 0 aliphatic carbocycles. The Kier molecular flexibility index (Phi) is 12.4. The molecule has 0 aromatic heterocycles. The fourth-order valence-electron chi connectivity index (χ4n) is 1.87. The molecule has 0 rings (SSSR count). The van der Waals surface area contributed by atoms with E-state index in [0.29, 0.717) is 39.0 Å². The molecule has 0 aliphatic rings. The monoisotopic (exact) mass is 366 g/mol. The molecular formula is C15H32N2O4P2. The summed E-state index contributed by atoms with van der Waals surface area (Å²) in [5.74, 6) is 0. The highest BCUT2D eigenvalue weighted by Gasteiger charge is 2.26. The molecule has 0 saturated heterocycles. The molecular weight excluding hydrogens is 334 g/mol. The Morgan fingerprint density at radius 1 is 1.04 bits per heavy atom. The molecule has 8 heteroatoms. The molecule has 6 nitrogen and oxygen atoms in total. The zero-order valence-corrected chi connectivity index (χ0v) is 17.1. The van der Waals surface area contributed by atoms with Crippen LogP contribution in [0.15, 0.2) is 0 Å². The first kappa shape index (κ1) is 23.0. The van der Waals surface area contributed by atoms with Crippen LogP contribution in [0, 0.1) is 11.3 Å². The first-order valence-electron chi connectivity index (χ1n) is 8.02. The average Bonchev–Trinajstić information content (AvgIpc) is 2.40. The van der Waals surface area contributed by atoms with Crippen LogP contribution in [0.4, 0.5) is 0 Å². The number of hydrogen-bond acceptors (Lipinski definition) is 6. The normalized spacial score (nSPS) is 13.7. The number of rotatable bonds is 13. The van der Waals surface area contributed by atoms with Gasteiger partial charge < -0.3 is 18.3 Å².